The summed E-state index contributed by atoms with van der Waals surface area (Å²) in [6.45, 7) is 4.07. The fraction of sp³-hybridized carbons (Fsp3) is 0.571. The van der Waals surface area contributed by atoms with Crippen LogP contribution < -0.4 is 4.74 Å². The van der Waals surface area contributed by atoms with Gasteiger partial charge in [-0.05, 0) is 44.0 Å². The second-order valence-electron chi connectivity index (χ2n) is 4.63. The highest BCUT2D eigenvalue weighted by atomic mass is 16.5. The molecule has 0 unspecified atom stereocenters. The van der Waals surface area contributed by atoms with Gasteiger partial charge in [0.25, 0.3) is 0 Å². The van der Waals surface area contributed by atoms with Crippen molar-refractivity contribution < 1.29 is 9.84 Å². The van der Waals surface area contributed by atoms with Crippen LogP contribution in [0.25, 0.3) is 0 Å². The number of aliphatic hydroxyl groups excluding tert-OH is 1. The molecule has 94 valence electrons. The number of rotatable bonds is 5. The van der Waals surface area contributed by atoms with Crippen LogP contribution in [0.3, 0.4) is 0 Å². The Labute approximate surface area is 103 Å². The van der Waals surface area contributed by atoms with Crippen molar-refractivity contribution in [3.05, 3.63) is 30.3 Å². The fourth-order valence-electron chi connectivity index (χ4n) is 2.25. The first-order chi connectivity index (χ1) is 8.38. The SMILES string of the molecule is OCCN1CCC(COc2ccccc2)CC1. The van der Waals surface area contributed by atoms with Crippen molar-refractivity contribution in [2.75, 3.05) is 32.8 Å². The van der Waals surface area contributed by atoms with Gasteiger partial charge in [-0.2, -0.15) is 0 Å². The molecule has 3 nitrogen and oxygen atoms in total. The first kappa shape index (κ1) is 12.4. The van der Waals surface area contributed by atoms with Gasteiger partial charge in [-0.25, -0.2) is 0 Å². The molecule has 1 aromatic rings. The molecule has 1 heterocycles. The molecule has 0 aromatic heterocycles. The Bertz CT molecular complexity index is 307. The van der Waals surface area contributed by atoms with Crippen LogP contribution in [0, 0.1) is 5.92 Å². The molecule has 0 saturated carbocycles. The van der Waals surface area contributed by atoms with Gasteiger partial charge in [0.2, 0.25) is 0 Å². The molecule has 0 aliphatic carbocycles. The van der Waals surface area contributed by atoms with E-state index >= 15 is 0 Å². The highest BCUT2D eigenvalue weighted by molar-refractivity contribution is 5.20. The minimum atomic E-state index is 0.269. The van der Waals surface area contributed by atoms with E-state index in [2.05, 4.69) is 4.90 Å². The lowest BCUT2D eigenvalue weighted by Crippen LogP contribution is -2.37. The molecule has 1 fully saturated rings. The third-order valence-electron chi connectivity index (χ3n) is 3.35. The van der Waals surface area contributed by atoms with Gasteiger partial charge in [0.1, 0.15) is 5.75 Å². The van der Waals surface area contributed by atoms with Gasteiger partial charge in [-0.15, -0.1) is 0 Å². The Hall–Kier alpha value is -1.06. The van der Waals surface area contributed by atoms with Gasteiger partial charge in [0.05, 0.1) is 13.2 Å². The Morgan fingerprint density at radius 1 is 1.18 bits per heavy atom. The standard InChI is InChI=1S/C14H21NO2/c16-11-10-15-8-6-13(7-9-15)12-17-14-4-2-1-3-5-14/h1-5,13,16H,6-12H2. The lowest BCUT2D eigenvalue weighted by molar-refractivity contribution is 0.122. The van der Waals surface area contributed by atoms with E-state index in [0.717, 1.165) is 32.0 Å². The summed E-state index contributed by atoms with van der Waals surface area (Å²) in [6.07, 6.45) is 2.35. The Morgan fingerprint density at radius 2 is 1.88 bits per heavy atom. The number of β-amino-alcohol motifs (C(OH)–C–C–N with tert-alkyl or cyclic N) is 1. The number of piperidine rings is 1. The molecule has 0 amide bonds. The summed E-state index contributed by atoms with van der Waals surface area (Å²) in [5, 5.41) is 8.87. The maximum Gasteiger partial charge on any atom is 0.119 e. The summed E-state index contributed by atoms with van der Waals surface area (Å²) in [5.41, 5.74) is 0. The normalized spacial score (nSPS) is 18.2. The number of likely N-dealkylation sites (tertiary alicyclic amines) is 1. The molecule has 1 aliphatic rings. The number of ether oxygens (including phenoxy) is 1. The van der Waals surface area contributed by atoms with E-state index in [-0.39, 0.29) is 6.61 Å². The third-order valence-corrected chi connectivity index (χ3v) is 3.35. The molecule has 0 bridgehead atoms. The summed E-state index contributed by atoms with van der Waals surface area (Å²) in [4.78, 5) is 2.32. The molecule has 17 heavy (non-hydrogen) atoms. The van der Waals surface area contributed by atoms with Crippen LogP contribution in [0.1, 0.15) is 12.8 Å². The number of aliphatic hydroxyl groups is 1. The van der Waals surface area contributed by atoms with Crippen molar-refractivity contribution in [3.63, 3.8) is 0 Å². The maximum atomic E-state index is 8.87. The molecule has 1 aliphatic heterocycles. The monoisotopic (exact) mass is 235 g/mol. The second kappa shape index (κ2) is 6.62. The average Bonchev–Trinajstić information content (AvgIpc) is 2.40. The lowest BCUT2D eigenvalue weighted by atomic mass is 9.98. The predicted octanol–water partition coefficient (Wildman–Crippen LogP) is 1.77. The minimum Gasteiger partial charge on any atom is -0.493 e. The van der Waals surface area contributed by atoms with Crippen molar-refractivity contribution in [1.82, 2.24) is 4.90 Å². The largest absolute Gasteiger partial charge is 0.493 e. The Kier molecular flexibility index (Phi) is 4.83. The maximum absolute atomic E-state index is 8.87. The zero-order valence-corrected chi connectivity index (χ0v) is 10.2. The quantitative estimate of drug-likeness (QED) is 0.844. The fourth-order valence-corrected chi connectivity index (χ4v) is 2.25. The van der Waals surface area contributed by atoms with Gasteiger partial charge < -0.3 is 14.7 Å². The average molecular weight is 235 g/mol. The van der Waals surface area contributed by atoms with E-state index in [1.54, 1.807) is 0 Å². The first-order valence-electron chi connectivity index (χ1n) is 6.39. The zero-order chi connectivity index (χ0) is 11.9. The summed E-state index contributed by atoms with van der Waals surface area (Å²) >= 11 is 0. The molecule has 2 rings (SSSR count). The number of hydrogen-bond donors (Lipinski definition) is 1. The predicted molar refractivity (Wildman–Crippen MR) is 68.2 cm³/mol. The molecule has 1 aromatic carbocycles. The topological polar surface area (TPSA) is 32.7 Å². The molecule has 0 radical (unpaired) electrons. The summed E-state index contributed by atoms with van der Waals surface area (Å²) in [5.74, 6) is 1.62. The smallest absolute Gasteiger partial charge is 0.119 e. The van der Waals surface area contributed by atoms with Gasteiger partial charge in [-0.1, -0.05) is 18.2 Å². The first-order valence-corrected chi connectivity index (χ1v) is 6.39. The summed E-state index contributed by atoms with van der Waals surface area (Å²) in [7, 11) is 0. The minimum absolute atomic E-state index is 0.269. The zero-order valence-electron chi connectivity index (χ0n) is 10.2. The van der Waals surface area contributed by atoms with E-state index in [1.165, 1.54) is 12.8 Å². The van der Waals surface area contributed by atoms with E-state index < -0.39 is 0 Å². The van der Waals surface area contributed by atoms with Gasteiger partial charge >= 0.3 is 0 Å². The van der Waals surface area contributed by atoms with Gasteiger partial charge in [0.15, 0.2) is 0 Å². The van der Waals surface area contributed by atoms with Gasteiger partial charge in [-0.3, -0.25) is 0 Å². The van der Waals surface area contributed by atoms with Crippen molar-refractivity contribution >= 4 is 0 Å². The van der Waals surface area contributed by atoms with Crippen LogP contribution in [-0.4, -0.2) is 42.9 Å². The molecule has 0 atom stereocenters. The number of para-hydroxylation sites is 1. The Morgan fingerprint density at radius 3 is 2.53 bits per heavy atom. The van der Waals surface area contributed by atoms with Gasteiger partial charge in [0, 0.05) is 6.54 Å². The highest BCUT2D eigenvalue weighted by Crippen LogP contribution is 2.18. The van der Waals surface area contributed by atoms with Crippen molar-refractivity contribution in [1.29, 1.82) is 0 Å². The molecular formula is C14H21NO2. The van der Waals surface area contributed by atoms with Crippen LogP contribution in [-0.2, 0) is 0 Å². The van der Waals surface area contributed by atoms with E-state index in [9.17, 15) is 0 Å². The van der Waals surface area contributed by atoms with Crippen molar-refractivity contribution in [2.45, 2.75) is 12.8 Å². The lowest BCUT2D eigenvalue weighted by Gasteiger charge is -2.31. The third kappa shape index (κ3) is 4.02. The van der Waals surface area contributed by atoms with E-state index in [0.29, 0.717) is 5.92 Å². The molecule has 1 saturated heterocycles. The number of benzene rings is 1. The van der Waals surface area contributed by atoms with Crippen LogP contribution in [0.5, 0.6) is 5.75 Å². The number of hydrogen-bond acceptors (Lipinski definition) is 3. The van der Waals surface area contributed by atoms with Crippen LogP contribution >= 0.6 is 0 Å². The van der Waals surface area contributed by atoms with Crippen molar-refractivity contribution in [3.8, 4) is 5.75 Å². The highest BCUT2D eigenvalue weighted by Gasteiger charge is 2.18. The van der Waals surface area contributed by atoms with E-state index in [1.807, 2.05) is 30.3 Å². The molecule has 1 N–H and O–H groups in total. The van der Waals surface area contributed by atoms with Crippen molar-refractivity contribution in [2.24, 2.45) is 5.92 Å². The molecule has 3 heteroatoms. The van der Waals surface area contributed by atoms with Crippen LogP contribution in [0.2, 0.25) is 0 Å². The van der Waals surface area contributed by atoms with Crippen LogP contribution in [0.4, 0.5) is 0 Å². The summed E-state index contributed by atoms with van der Waals surface area (Å²) < 4.78 is 5.77. The van der Waals surface area contributed by atoms with E-state index in [4.69, 9.17) is 9.84 Å². The molecule has 0 spiro atoms. The second-order valence-corrected chi connectivity index (χ2v) is 4.63. The number of nitrogens with zero attached hydrogens (tertiary/aromatic N) is 1. The summed E-state index contributed by atoms with van der Waals surface area (Å²) in [6, 6.07) is 10.0. The van der Waals surface area contributed by atoms with Crippen LogP contribution in [0.15, 0.2) is 30.3 Å². The molecular weight excluding hydrogens is 214 g/mol. The Balaban J connectivity index is 1.68.